The molecule has 0 spiro atoms. The Kier molecular flexibility index (Phi) is 3.69. The van der Waals surface area contributed by atoms with E-state index in [0.717, 1.165) is 24.3 Å². The van der Waals surface area contributed by atoms with Crippen LogP contribution in [0.3, 0.4) is 0 Å². The first-order chi connectivity index (χ1) is 9.76. The van der Waals surface area contributed by atoms with Crippen LogP contribution in [0.1, 0.15) is 36.7 Å². The fourth-order valence-corrected chi connectivity index (χ4v) is 2.39. The Hall–Kier alpha value is -1.88. The van der Waals surface area contributed by atoms with Crippen molar-refractivity contribution in [3.8, 4) is 5.75 Å². The van der Waals surface area contributed by atoms with Gasteiger partial charge in [0.1, 0.15) is 11.9 Å². The molecule has 0 bridgehead atoms. The first kappa shape index (κ1) is 13.1. The Labute approximate surface area is 117 Å². The Morgan fingerprint density at radius 1 is 1.30 bits per heavy atom. The molecule has 0 aliphatic carbocycles. The number of ether oxygens (including phenoxy) is 2. The van der Waals surface area contributed by atoms with Crippen LogP contribution in [0.5, 0.6) is 5.75 Å². The van der Waals surface area contributed by atoms with Gasteiger partial charge in [-0.15, -0.1) is 0 Å². The third-order valence-electron chi connectivity index (χ3n) is 3.64. The second-order valence-corrected chi connectivity index (χ2v) is 5.13. The zero-order valence-electron chi connectivity index (χ0n) is 11.7. The lowest BCUT2D eigenvalue weighted by Gasteiger charge is -2.07. The number of aromatic nitrogens is 2. The molecule has 1 saturated heterocycles. The quantitative estimate of drug-likeness (QED) is 0.858. The molecular weight excluding hydrogens is 256 g/mol. The second-order valence-electron chi connectivity index (χ2n) is 5.13. The summed E-state index contributed by atoms with van der Waals surface area (Å²) >= 11 is 0. The van der Waals surface area contributed by atoms with Gasteiger partial charge in [0.2, 0.25) is 0 Å². The second kappa shape index (κ2) is 5.63. The van der Waals surface area contributed by atoms with Crippen LogP contribution >= 0.6 is 0 Å². The summed E-state index contributed by atoms with van der Waals surface area (Å²) in [4.78, 5) is 4.45. The number of methoxy groups -OCH3 is 1. The van der Waals surface area contributed by atoms with E-state index >= 15 is 0 Å². The fourth-order valence-electron chi connectivity index (χ4n) is 2.39. The van der Waals surface area contributed by atoms with Crippen LogP contribution in [0.15, 0.2) is 28.8 Å². The minimum Gasteiger partial charge on any atom is -0.497 e. The highest BCUT2D eigenvalue weighted by atomic mass is 16.5. The summed E-state index contributed by atoms with van der Waals surface area (Å²) in [6.07, 6.45) is 1.64. The maximum absolute atomic E-state index is 5.63. The minimum absolute atomic E-state index is 0.0490. The highest BCUT2D eigenvalue weighted by molar-refractivity contribution is 5.28. The van der Waals surface area contributed by atoms with Crippen LogP contribution in [0.25, 0.3) is 0 Å². The van der Waals surface area contributed by atoms with Crippen molar-refractivity contribution in [3.63, 3.8) is 0 Å². The van der Waals surface area contributed by atoms with Crippen molar-refractivity contribution >= 4 is 0 Å². The number of hydrogen-bond acceptors (Lipinski definition) is 5. The predicted molar refractivity (Wildman–Crippen MR) is 72.6 cm³/mol. The maximum Gasteiger partial charge on any atom is 0.256 e. The van der Waals surface area contributed by atoms with Gasteiger partial charge in [-0.05, 0) is 30.0 Å². The summed E-state index contributed by atoms with van der Waals surface area (Å²) in [5, 5.41) is 4.04. The van der Waals surface area contributed by atoms with Crippen LogP contribution in [-0.4, -0.2) is 23.9 Å². The molecule has 0 N–H and O–H groups in total. The Morgan fingerprint density at radius 2 is 2.10 bits per heavy atom. The van der Waals surface area contributed by atoms with Gasteiger partial charge in [0, 0.05) is 13.0 Å². The van der Waals surface area contributed by atoms with Gasteiger partial charge in [0.05, 0.1) is 7.11 Å². The summed E-state index contributed by atoms with van der Waals surface area (Å²) in [5.74, 6) is 2.56. The van der Waals surface area contributed by atoms with E-state index < -0.39 is 0 Å². The van der Waals surface area contributed by atoms with Crippen LogP contribution < -0.4 is 4.74 Å². The molecule has 1 aromatic heterocycles. The van der Waals surface area contributed by atoms with Crippen molar-refractivity contribution in [1.82, 2.24) is 10.1 Å². The molecule has 0 amide bonds. The molecule has 5 heteroatoms. The number of nitrogens with zero attached hydrogens (tertiary/aromatic N) is 2. The molecule has 106 valence electrons. The van der Waals surface area contributed by atoms with Gasteiger partial charge >= 0.3 is 0 Å². The molecule has 1 fully saturated rings. The first-order valence-corrected chi connectivity index (χ1v) is 6.83. The van der Waals surface area contributed by atoms with Crippen LogP contribution in [0.4, 0.5) is 0 Å². The van der Waals surface area contributed by atoms with Crippen LogP contribution in [0, 0.1) is 5.92 Å². The standard InChI is InChI=1S/C15H18N2O3/c1-10-7-8-19-14(10)15-16-13(17-20-15)9-11-3-5-12(18-2)6-4-11/h3-6,10,14H,7-9H2,1-2H3/t10-,14-/m0/s1. The van der Waals surface area contributed by atoms with E-state index in [2.05, 4.69) is 17.1 Å². The predicted octanol–water partition coefficient (Wildman–Crippen LogP) is 2.77. The van der Waals surface area contributed by atoms with Crippen molar-refractivity contribution in [1.29, 1.82) is 0 Å². The Bertz CT molecular complexity index is 565. The molecule has 5 nitrogen and oxygen atoms in total. The van der Waals surface area contributed by atoms with E-state index in [1.54, 1.807) is 7.11 Å². The average Bonchev–Trinajstić information content (AvgIpc) is 3.08. The van der Waals surface area contributed by atoms with E-state index in [1.165, 1.54) is 0 Å². The van der Waals surface area contributed by atoms with E-state index in [0.29, 0.717) is 24.1 Å². The van der Waals surface area contributed by atoms with Gasteiger partial charge in [-0.3, -0.25) is 0 Å². The lowest BCUT2D eigenvalue weighted by atomic mass is 10.0. The molecule has 1 aliphatic heterocycles. The normalized spacial score (nSPS) is 22.1. The fraction of sp³-hybridized carbons (Fsp3) is 0.467. The van der Waals surface area contributed by atoms with E-state index in [4.69, 9.17) is 14.0 Å². The lowest BCUT2D eigenvalue weighted by Crippen LogP contribution is -2.04. The van der Waals surface area contributed by atoms with Crippen molar-refractivity contribution in [3.05, 3.63) is 41.5 Å². The largest absolute Gasteiger partial charge is 0.497 e. The molecule has 2 atom stereocenters. The van der Waals surface area contributed by atoms with Gasteiger partial charge in [-0.25, -0.2) is 0 Å². The zero-order chi connectivity index (χ0) is 13.9. The van der Waals surface area contributed by atoms with E-state index in [1.807, 2.05) is 24.3 Å². The summed E-state index contributed by atoms with van der Waals surface area (Å²) in [6.45, 7) is 2.91. The monoisotopic (exact) mass is 274 g/mol. The molecule has 1 aliphatic rings. The third-order valence-corrected chi connectivity index (χ3v) is 3.64. The Balaban J connectivity index is 1.70. The highest BCUT2D eigenvalue weighted by Gasteiger charge is 2.30. The van der Waals surface area contributed by atoms with Gasteiger partial charge in [0.15, 0.2) is 5.82 Å². The van der Waals surface area contributed by atoms with Gasteiger partial charge in [-0.2, -0.15) is 4.98 Å². The molecule has 0 unspecified atom stereocenters. The van der Waals surface area contributed by atoms with Gasteiger partial charge in [0.25, 0.3) is 5.89 Å². The van der Waals surface area contributed by atoms with Crippen molar-refractivity contribution < 1.29 is 14.0 Å². The molecule has 0 saturated carbocycles. The Morgan fingerprint density at radius 3 is 2.75 bits per heavy atom. The highest BCUT2D eigenvalue weighted by Crippen LogP contribution is 2.33. The van der Waals surface area contributed by atoms with Crippen molar-refractivity contribution in [2.45, 2.75) is 25.9 Å². The average molecular weight is 274 g/mol. The van der Waals surface area contributed by atoms with Gasteiger partial charge in [-0.1, -0.05) is 24.2 Å². The third kappa shape index (κ3) is 2.67. The lowest BCUT2D eigenvalue weighted by molar-refractivity contribution is 0.0661. The van der Waals surface area contributed by atoms with E-state index in [9.17, 15) is 0 Å². The summed E-state index contributed by atoms with van der Waals surface area (Å²) in [7, 11) is 1.66. The molecule has 1 aromatic carbocycles. The first-order valence-electron chi connectivity index (χ1n) is 6.83. The number of rotatable bonds is 4. The van der Waals surface area contributed by atoms with Crippen LogP contribution in [-0.2, 0) is 11.2 Å². The van der Waals surface area contributed by atoms with Gasteiger partial charge < -0.3 is 14.0 Å². The number of benzene rings is 1. The van der Waals surface area contributed by atoms with Crippen molar-refractivity contribution in [2.24, 2.45) is 5.92 Å². The van der Waals surface area contributed by atoms with Crippen molar-refractivity contribution in [2.75, 3.05) is 13.7 Å². The smallest absolute Gasteiger partial charge is 0.256 e. The topological polar surface area (TPSA) is 57.4 Å². The molecule has 2 aromatic rings. The molecule has 2 heterocycles. The van der Waals surface area contributed by atoms with E-state index in [-0.39, 0.29) is 6.10 Å². The molecule has 3 rings (SSSR count). The zero-order valence-corrected chi connectivity index (χ0v) is 11.7. The maximum atomic E-state index is 5.63. The summed E-state index contributed by atoms with van der Waals surface area (Å²) in [6, 6.07) is 7.87. The minimum atomic E-state index is -0.0490. The molecule has 20 heavy (non-hydrogen) atoms. The SMILES string of the molecule is COc1ccc(Cc2noc([C@H]3OCC[C@@H]3C)n2)cc1. The molecule has 0 radical (unpaired) electrons. The number of hydrogen-bond donors (Lipinski definition) is 0. The molecular formula is C15H18N2O3. The summed E-state index contributed by atoms with van der Waals surface area (Å²) < 4.78 is 16.1. The van der Waals surface area contributed by atoms with Crippen LogP contribution in [0.2, 0.25) is 0 Å². The summed E-state index contributed by atoms with van der Waals surface area (Å²) in [5.41, 5.74) is 1.12.